The van der Waals surface area contributed by atoms with E-state index < -0.39 is 0 Å². The van der Waals surface area contributed by atoms with Crippen LogP contribution in [0.15, 0.2) is 29.3 Å². The van der Waals surface area contributed by atoms with Crippen molar-refractivity contribution in [3.63, 3.8) is 0 Å². The van der Waals surface area contributed by atoms with Crippen molar-refractivity contribution in [2.45, 2.75) is 65.0 Å². The molecule has 1 aromatic rings. The smallest absolute Gasteiger partial charge is 0.225 e. The molecule has 0 radical (unpaired) electrons. The number of amides is 1. The fraction of sp³-hybridized carbons (Fsp3) is 0.667. The van der Waals surface area contributed by atoms with E-state index in [-0.39, 0.29) is 12.0 Å². The Morgan fingerprint density at radius 3 is 2.70 bits per heavy atom. The molecule has 3 rings (SSSR count). The molecule has 6 heteroatoms. The minimum absolute atomic E-state index is 0.246. The van der Waals surface area contributed by atoms with Crippen LogP contribution in [0.25, 0.3) is 0 Å². The number of benzene rings is 1. The Bertz CT molecular complexity index is 713. The fourth-order valence-electron chi connectivity index (χ4n) is 4.30. The van der Waals surface area contributed by atoms with E-state index >= 15 is 0 Å². The third-order valence-corrected chi connectivity index (χ3v) is 6.01. The molecule has 0 spiro atoms. The van der Waals surface area contributed by atoms with E-state index in [1.165, 1.54) is 19.3 Å². The van der Waals surface area contributed by atoms with Crippen LogP contribution in [0.1, 0.15) is 57.9 Å². The Hall–Kier alpha value is -2.24. The lowest BCUT2D eigenvalue weighted by Gasteiger charge is -2.26. The second kappa shape index (κ2) is 11.2. The highest BCUT2D eigenvalue weighted by atomic mass is 16.5. The summed E-state index contributed by atoms with van der Waals surface area (Å²) in [6.07, 6.45) is 6.77. The number of hydrogen-bond acceptors (Lipinski definition) is 3. The Labute approximate surface area is 181 Å². The van der Waals surface area contributed by atoms with E-state index in [9.17, 15) is 4.79 Å². The van der Waals surface area contributed by atoms with Gasteiger partial charge in [0.25, 0.3) is 0 Å². The van der Waals surface area contributed by atoms with Crippen LogP contribution in [0.3, 0.4) is 0 Å². The summed E-state index contributed by atoms with van der Waals surface area (Å²) in [5.41, 5.74) is 1.11. The number of carbonyl (C=O) groups is 1. The topological polar surface area (TPSA) is 66.0 Å². The van der Waals surface area contributed by atoms with Gasteiger partial charge in [-0.05, 0) is 31.2 Å². The predicted molar refractivity (Wildman–Crippen MR) is 122 cm³/mol. The van der Waals surface area contributed by atoms with Gasteiger partial charge in [-0.3, -0.25) is 9.79 Å². The van der Waals surface area contributed by atoms with E-state index in [1.807, 2.05) is 18.2 Å². The van der Waals surface area contributed by atoms with Gasteiger partial charge in [-0.2, -0.15) is 0 Å². The van der Waals surface area contributed by atoms with Gasteiger partial charge in [-0.25, -0.2) is 0 Å². The molecule has 1 aromatic carbocycles. The number of ether oxygens (including phenoxy) is 1. The van der Waals surface area contributed by atoms with Crippen LogP contribution >= 0.6 is 0 Å². The van der Waals surface area contributed by atoms with Crippen LogP contribution in [-0.2, 0) is 11.3 Å². The molecule has 1 saturated carbocycles. The second-order valence-electron chi connectivity index (χ2n) is 8.99. The molecular weight excluding hydrogens is 376 g/mol. The van der Waals surface area contributed by atoms with Crippen molar-refractivity contribution >= 4 is 11.9 Å². The standard InChI is InChI=1S/C24H38N4O2/c1-18(2)17-30-22-12-8-7-11-20(22)15-26-24(25-3)27-21-13-14-28(16-21)23(29)19-9-5-4-6-10-19/h7-8,11-12,18-19,21H,4-6,9-10,13-17H2,1-3H3,(H2,25,26,27). The minimum atomic E-state index is 0.246. The van der Waals surface area contributed by atoms with Crippen molar-refractivity contribution in [3.8, 4) is 5.75 Å². The van der Waals surface area contributed by atoms with Crippen molar-refractivity contribution in [2.24, 2.45) is 16.8 Å². The van der Waals surface area contributed by atoms with E-state index in [0.717, 1.165) is 49.6 Å². The van der Waals surface area contributed by atoms with Crippen LogP contribution in [0, 0.1) is 11.8 Å². The van der Waals surface area contributed by atoms with E-state index in [2.05, 4.69) is 40.4 Å². The quantitative estimate of drug-likeness (QED) is 0.529. The number of nitrogens with zero attached hydrogens (tertiary/aromatic N) is 2. The van der Waals surface area contributed by atoms with E-state index in [1.54, 1.807) is 7.05 Å². The van der Waals surface area contributed by atoms with Crippen LogP contribution < -0.4 is 15.4 Å². The number of rotatable bonds is 7. The average Bonchev–Trinajstić information content (AvgIpc) is 3.24. The number of aliphatic imine (C=N–C) groups is 1. The summed E-state index contributed by atoms with van der Waals surface area (Å²) in [4.78, 5) is 19.2. The Balaban J connectivity index is 1.48. The summed E-state index contributed by atoms with van der Waals surface area (Å²) in [7, 11) is 1.79. The van der Waals surface area contributed by atoms with Gasteiger partial charge in [0.05, 0.1) is 6.61 Å². The summed E-state index contributed by atoms with van der Waals surface area (Å²) in [6, 6.07) is 8.37. The number of hydrogen-bond donors (Lipinski definition) is 2. The van der Waals surface area contributed by atoms with Crippen LogP contribution in [0.2, 0.25) is 0 Å². The molecule has 2 aliphatic rings. The van der Waals surface area contributed by atoms with Crippen LogP contribution in [-0.4, -0.2) is 49.6 Å². The highest BCUT2D eigenvalue weighted by Crippen LogP contribution is 2.26. The molecule has 30 heavy (non-hydrogen) atoms. The molecule has 1 atom stereocenters. The van der Waals surface area contributed by atoms with Gasteiger partial charge in [0.2, 0.25) is 5.91 Å². The maximum Gasteiger partial charge on any atom is 0.225 e. The highest BCUT2D eigenvalue weighted by Gasteiger charge is 2.31. The first-order valence-electron chi connectivity index (χ1n) is 11.5. The summed E-state index contributed by atoms with van der Waals surface area (Å²) >= 11 is 0. The first-order chi connectivity index (χ1) is 14.6. The molecule has 1 saturated heterocycles. The van der Waals surface area contributed by atoms with E-state index in [0.29, 0.717) is 25.0 Å². The number of likely N-dealkylation sites (tertiary alicyclic amines) is 1. The zero-order valence-electron chi connectivity index (χ0n) is 18.8. The lowest BCUT2D eigenvalue weighted by molar-refractivity contribution is -0.135. The van der Waals surface area contributed by atoms with Crippen molar-refractivity contribution in [1.29, 1.82) is 0 Å². The van der Waals surface area contributed by atoms with Crippen molar-refractivity contribution in [3.05, 3.63) is 29.8 Å². The molecule has 0 aromatic heterocycles. The molecule has 6 nitrogen and oxygen atoms in total. The molecule has 166 valence electrons. The largest absolute Gasteiger partial charge is 0.493 e. The molecule has 0 bridgehead atoms. The summed E-state index contributed by atoms with van der Waals surface area (Å²) in [5.74, 6) is 2.78. The first-order valence-corrected chi connectivity index (χ1v) is 11.5. The Kier molecular flexibility index (Phi) is 8.40. The second-order valence-corrected chi connectivity index (χ2v) is 8.99. The van der Waals surface area contributed by atoms with Gasteiger partial charge in [0.15, 0.2) is 5.96 Å². The molecule has 1 unspecified atom stereocenters. The normalized spacial score (nSPS) is 20.5. The molecule has 2 N–H and O–H groups in total. The molecule has 1 aliphatic heterocycles. The van der Waals surface area contributed by atoms with Gasteiger partial charge < -0.3 is 20.3 Å². The number of nitrogens with one attached hydrogen (secondary N) is 2. The third kappa shape index (κ3) is 6.38. The Morgan fingerprint density at radius 1 is 1.20 bits per heavy atom. The van der Waals surface area contributed by atoms with Crippen molar-refractivity contribution in [2.75, 3.05) is 26.7 Å². The average molecular weight is 415 g/mol. The molecule has 2 fully saturated rings. The van der Waals surface area contributed by atoms with Gasteiger partial charge in [-0.1, -0.05) is 51.3 Å². The van der Waals surface area contributed by atoms with Crippen LogP contribution in [0.4, 0.5) is 0 Å². The molecule has 1 amide bonds. The minimum Gasteiger partial charge on any atom is -0.493 e. The number of guanidine groups is 1. The number of carbonyl (C=O) groups excluding carboxylic acids is 1. The maximum atomic E-state index is 12.8. The molecular formula is C24H38N4O2. The van der Waals surface area contributed by atoms with Gasteiger partial charge in [0, 0.05) is 44.2 Å². The summed E-state index contributed by atoms with van der Waals surface area (Å²) < 4.78 is 5.95. The zero-order valence-corrected chi connectivity index (χ0v) is 18.8. The van der Waals surface area contributed by atoms with Gasteiger partial charge >= 0.3 is 0 Å². The maximum absolute atomic E-state index is 12.8. The van der Waals surface area contributed by atoms with Crippen LogP contribution in [0.5, 0.6) is 5.75 Å². The van der Waals surface area contributed by atoms with Gasteiger partial charge in [-0.15, -0.1) is 0 Å². The zero-order chi connectivity index (χ0) is 21.3. The molecule has 1 aliphatic carbocycles. The lowest BCUT2D eigenvalue weighted by atomic mass is 9.88. The third-order valence-electron chi connectivity index (χ3n) is 6.01. The van der Waals surface area contributed by atoms with Gasteiger partial charge in [0.1, 0.15) is 5.75 Å². The Morgan fingerprint density at radius 2 is 1.97 bits per heavy atom. The summed E-state index contributed by atoms with van der Waals surface area (Å²) in [6.45, 7) is 7.26. The predicted octanol–water partition coefficient (Wildman–Crippen LogP) is 3.57. The van der Waals surface area contributed by atoms with Crippen molar-refractivity contribution in [1.82, 2.24) is 15.5 Å². The van der Waals surface area contributed by atoms with Crippen molar-refractivity contribution < 1.29 is 9.53 Å². The lowest BCUT2D eigenvalue weighted by Crippen LogP contribution is -2.45. The SMILES string of the molecule is CN=C(NCc1ccccc1OCC(C)C)NC1CCN(C(=O)C2CCCCC2)C1. The highest BCUT2D eigenvalue weighted by molar-refractivity contribution is 5.81. The molecule has 1 heterocycles. The monoisotopic (exact) mass is 414 g/mol. The number of para-hydroxylation sites is 1. The van der Waals surface area contributed by atoms with E-state index in [4.69, 9.17) is 4.74 Å². The fourth-order valence-corrected chi connectivity index (χ4v) is 4.30. The first kappa shape index (κ1) is 22.4. The summed E-state index contributed by atoms with van der Waals surface area (Å²) in [5, 5.41) is 6.90.